The molecule has 11 nitrogen and oxygen atoms in total. The van der Waals surface area contributed by atoms with E-state index in [0.29, 0.717) is 64.2 Å². The molecule has 2 heterocycles. The van der Waals surface area contributed by atoms with Gasteiger partial charge < -0.3 is 25.2 Å². The lowest BCUT2D eigenvalue weighted by atomic mass is 9.91. The Labute approximate surface area is 235 Å². The topological polar surface area (TPSA) is 126 Å². The lowest BCUT2D eigenvalue weighted by Gasteiger charge is -2.27. The van der Waals surface area contributed by atoms with E-state index in [1.54, 1.807) is 16.7 Å². The first-order valence-electron chi connectivity index (χ1n) is 14.1. The van der Waals surface area contributed by atoms with Crippen molar-refractivity contribution in [2.24, 2.45) is 7.05 Å². The molecule has 1 atom stereocenters. The highest BCUT2D eigenvalue weighted by Crippen LogP contribution is 2.24. The third kappa shape index (κ3) is 7.68. The van der Waals surface area contributed by atoms with Crippen LogP contribution in [0.2, 0.25) is 0 Å². The molecule has 1 aromatic carbocycles. The number of carbonyl (C=O) groups excluding carboxylic acids is 4. The van der Waals surface area contributed by atoms with Gasteiger partial charge >= 0.3 is 0 Å². The van der Waals surface area contributed by atoms with Crippen molar-refractivity contribution in [3.63, 3.8) is 0 Å². The predicted octanol–water partition coefficient (Wildman–Crippen LogP) is 0.854. The SMILES string of the molecule is COCCN1CC(=O)NC2CCc3c(c(nn3C)C(=O)NCCCN(C(=O)Cc3ccccc3)CCCC1=O)C2. The summed E-state index contributed by atoms with van der Waals surface area (Å²) < 4.78 is 6.92. The first kappa shape index (κ1) is 29.3. The highest BCUT2D eigenvalue weighted by Gasteiger charge is 2.30. The summed E-state index contributed by atoms with van der Waals surface area (Å²) in [6.07, 6.45) is 3.47. The number of carbonyl (C=O) groups is 4. The summed E-state index contributed by atoms with van der Waals surface area (Å²) in [5.74, 6) is -0.659. The van der Waals surface area contributed by atoms with Crippen LogP contribution >= 0.6 is 0 Å². The minimum absolute atomic E-state index is 0.0279. The van der Waals surface area contributed by atoms with Crippen molar-refractivity contribution >= 4 is 23.6 Å². The van der Waals surface area contributed by atoms with Crippen LogP contribution in [0, 0.1) is 0 Å². The van der Waals surface area contributed by atoms with E-state index in [4.69, 9.17) is 4.74 Å². The van der Waals surface area contributed by atoms with E-state index in [2.05, 4.69) is 15.7 Å². The van der Waals surface area contributed by atoms with Crippen LogP contribution < -0.4 is 10.6 Å². The van der Waals surface area contributed by atoms with Crippen molar-refractivity contribution in [3.8, 4) is 0 Å². The first-order chi connectivity index (χ1) is 19.4. The van der Waals surface area contributed by atoms with Crippen LogP contribution in [-0.2, 0) is 45.4 Å². The lowest BCUT2D eigenvalue weighted by Crippen LogP contribution is -2.47. The van der Waals surface area contributed by atoms with E-state index in [1.165, 1.54) is 4.90 Å². The molecule has 2 bridgehead atoms. The number of ether oxygens (including phenoxy) is 1. The second kappa shape index (κ2) is 14.1. The molecule has 4 rings (SSSR count). The number of nitrogens with zero attached hydrogens (tertiary/aromatic N) is 4. The number of amides is 4. The van der Waals surface area contributed by atoms with Gasteiger partial charge in [0.15, 0.2) is 5.69 Å². The zero-order chi connectivity index (χ0) is 28.5. The van der Waals surface area contributed by atoms with Gasteiger partial charge in [-0.25, -0.2) is 0 Å². The maximum atomic E-state index is 13.2. The molecule has 2 aliphatic rings. The standard InChI is InChI=1S/C29H40N6O5/c1-33-24-12-11-22-19-23(24)28(32-33)29(39)30-13-7-15-34(27(38)18-21-8-4-3-5-9-21)14-6-10-26(37)35(16-17-40-2)20-25(36)31-22/h3-5,8-9,22H,6-7,10-20H2,1-2H3,(H,30,39)(H,31,36). The summed E-state index contributed by atoms with van der Waals surface area (Å²) >= 11 is 0. The van der Waals surface area contributed by atoms with E-state index < -0.39 is 0 Å². The van der Waals surface area contributed by atoms with Crippen molar-refractivity contribution in [3.05, 3.63) is 52.8 Å². The molecule has 1 aromatic heterocycles. The monoisotopic (exact) mass is 552 g/mol. The van der Waals surface area contributed by atoms with Gasteiger partial charge in [-0.05, 0) is 37.7 Å². The Balaban J connectivity index is 1.52. The summed E-state index contributed by atoms with van der Waals surface area (Å²) in [7, 11) is 3.39. The fourth-order valence-corrected chi connectivity index (χ4v) is 5.41. The van der Waals surface area contributed by atoms with Crippen molar-refractivity contribution in [2.45, 2.75) is 51.0 Å². The number of hydrogen-bond acceptors (Lipinski definition) is 6. The Bertz CT molecular complexity index is 1200. The fraction of sp³-hybridized carbons (Fsp3) is 0.552. The molecule has 1 aliphatic carbocycles. The van der Waals surface area contributed by atoms with Crippen molar-refractivity contribution in [1.29, 1.82) is 0 Å². The molecule has 1 aliphatic heterocycles. The van der Waals surface area contributed by atoms with Crippen molar-refractivity contribution in [1.82, 2.24) is 30.2 Å². The average molecular weight is 553 g/mol. The molecule has 0 fully saturated rings. The summed E-state index contributed by atoms with van der Waals surface area (Å²) in [6.45, 7) is 1.82. The maximum absolute atomic E-state index is 13.2. The van der Waals surface area contributed by atoms with Gasteiger partial charge in [0.1, 0.15) is 0 Å². The molecular weight excluding hydrogens is 512 g/mol. The van der Waals surface area contributed by atoms with E-state index >= 15 is 0 Å². The summed E-state index contributed by atoms with van der Waals surface area (Å²) in [5, 5.41) is 10.5. The number of aryl methyl sites for hydroxylation is 1. The number of benzene rings is 1. The lowest BCUT2D eigenvalue weighted by molar-refractivity contribution is -0.137. The third-order valence-electron chi connectivity index (χ3n) is 7.55. The van der Waals surface area contributed by atoms with Crippen LogP contribution in [0.15, 0.2) is 30.3 Å². The number of hydrogen-bond donors (Lipinski definition) is 2. The summed E-state index contributed by atoms with van der Waals surface area (Å²) in [5.41, 5.74) is 3.15. The van der Waals surface area contributed by atoms with Crippen LogP contribution in [0.1, 0.15) is 53.0 Å². The fourth-order valence-electron chi connectivity index (χ4n) is 5.41. The van der Waals surface area contributed by atoms with Crippen LogP contribution in [0.25, 0.3) is 0 Å². The molecule has 0 spiro atoms. The number of rotatable bonds is 5. The van der Waals surface area contributed by atoms with Gasteiger partial charge in [-0.1, -0.05) is 30.3 Å². The maximum Gasteiger partial charge on any atom is 0.272 e. The van der Waals surface area contributed by atoms with Gasteiger partial charge in [-0.15, -0.1) is 0 Å². The van der Waals surface area contributed by atoms with Crippen LogP contribution in [0.5, 0.6) is 0 Å². The van der Waals surface area contributed by atoms with Gasteiger partial charge in [0.2, 0.25) is 17.7 Å². The average Bonchev–Trinajstić information content (AvgIpc) is 3.27. The molecule has 4 amide bonds. The zero-order valence-electron chi connectivity index (χ0n) is 23.5. The van der Waals surface area contributed by atoms with Gasteiger partial charge in [0, 0.05) is 64.1 Å². The van der Waals surface area contributed by atoms with Gasteiger partial charge in [-0.2, -0.15) is 5.10 Å². The number of methoxy groups -OCH3 is 1. The molecule has 0 saturated carbocycles. The van der Waals surface area contributed by atoms with Crippen molar-refractivity contribution in [2.75, 3.05) is 46.4 Å². The molecule has 2 N–H and O–H groups in total. The highest BCUT2D eigenvalue weighted by molar-refractivity contribution is 5.94. The van der Waals surface area contributed by atoms with Crippen LogP contribution in [0.3, 0.4) is 0 Å². The van der Waals surface area contributed by atoms with E-state index in [9.17, 15) is 19.2 Å². The summed E-state index contributed by atoms with van der Waals surface area (Å²) in [6, 6.07) is 9.41. The predicted molar refractivity (Wildman–Crippen MR) is 149 cm³/mol. The summed E-state index contributed by atoms with van der Waals surface area (Å²) in [4.78, 5) is 55.7. The minimum atomic E-state index is -0.247. The second-order valence-corrected chi connectivity index (χ2v) is 10.5. The number of fused-ring (bicyclic) bond motifs is 1. The highest BCUT2D eigenvalue weighted by atomic mass is 16.5. The zero-order valence-corrected chi connectivity index (χ0v) is 23.5. The molecule has 11 heteroatoms. The van der Waals surface area contributed by atoms with E-state index in [-0.39, 0.29) is 49.1 Å². The van der Waals surface area contributed by atoms with Gasteiger partial charge in [0.05, 0.1) is 19.6 Å². The quantitative estimate of drug-likeness (QED) is 0.567. The molecule has 0 radical (unpaired) electrons. The second-order valence-electron chi connectivity index (χ2n) is 10.5. The van der Waals surface area contributed by atoms with E-state index in [1.807, 2.05) is 37.4 Å². The first-order valence-corrected chi connectivity index (χ1v) is 14.1. The van der Waals surface area contributed by atoms with Gasteiger partial charge in [0.25, 0.3) is 5.91 Å². The van der Waals surface area contributed by atoms with Crippen LogP contribution in [-0.4, -0.2) is 95.7 Å². The molecule has 2 aromatic rings. The Kier molecular flexibility index (Phi) is 10.3. The minimum Gasteiger partial charge on any atom is -0.383 e. The third-order valence-corrected chi connectivity index (χ3v) is 7.55. The Morgan fingerprint density at radius 3 is 2.65 bits per heavy atom. The normalized spacial score (nSPS) is 19.4. The van der Waals surface area contributed by atoms with Crippen LogP contribution in [0.4, 0.5) is 0 Å². The smallest absolute Gasteiger partial charge is 0.272 e. The van der Waals surface area contributed by atoms with Gasteiger partial charge in [-0.3, -0.25) is 23.9 Å². The van der Waals surface area contributed by atoms with Crippen molar-refractivity contribution < 1.29 is 23.9 Å². The Morgan fingerprint density at radius 2 is 1.88 bits per heavy atom. The Hall–Kier alpha value is -3.73. The Morgan fingerprint density at radius 1 is 1.10 bits per heavy atom. The van der Waals surface area contributed by atoms with E-state index in [0.717, 1.165) is 23.2 Å². The molecule has 40 heavy (non-hydrogen) atoms. The number of nitrogens with one attached hydrogen (secondary N) is 2. The molecule has 0 saturated heterocycles. The number of aromatic nitrogens is 2. The molecule has 216 valence electrons. The molecular formula is C29H40N6O5. The molecule has 1 unspecified atom stereocenters. The largest absolute Gasteiger partial charge is 0.383 e.